The molecule has 0 aliphatic heterocycles. The molecular formula is C22H17F3N4O3. The zero-order valence-electron chi connectivity index (χ0n) is 17.0. The number of hydrogen-bond acceptors (Lipinski definition) is 5. The Balaban J connectivity index is 1.66. The van der Waals surface area contributed by atoms with Crippen LogP contribution in [0.15, 0.2) is 60.8 Å². The van der Waals surface area contributed by atoms with Gasteiger partial charge in [0.2, 0.25) is 5.88 Å². The molecule has 0 aliphatic rings. The van der Waals surface area contributed by atoms with Crippen molar-refractivity contribution in [2.24, 2.45) is 0 Å². The summed E-state index contributed by atoms with van der Waals surface area (Å²) in [4.78, 5) is 17.1. The molecule has 0 radical (unpaired) electrons. The molecule has 0 saturated carbocycles. The number of aromatic nitrogens is 3. The van der Waals surface area contributed by atoms with Crippen molar-refractivity contribution >= 4 is 17.2 Å². The van der Waals surface area contributed by atoms with E-state index in [2.05, 4.69) is 15.4 Å². The first-order chi connectivity index (χ1) is 15.3. The normalized spacial score (nSPS) is 11.4. The van der Waals surface area contributed by atoms with E-state index in [9.17, 15) is 18.0 Å². The van der Waals surface area contributed by atoms with Gasteiger partial charge < -0.3 is 14.8 Å². The van der Waals surface area contributed by atoms with Crippen LogP contribution in [0.4, 0.5) is 18.9 Å². The van der Waals surface area contributed by atoms with Gasteiger partial charge in [-0.05, 0) is 42.5 Å². The molecule has 0 atom stereocenters. The fourth-order valence-electron chi connectivity index (χ4n) is 3.11. The topological polar surface area (TPSA) is 77.8 Å². The lowest BCUT2D eigenvalue weighted by atomic mass is 10.1. The summed E-state index contributed by atoms with van der Waals surface area (Å²) >= 11 is 0. The van der Waals surface area contributed by atoms with Crippen LogP contribution in [-0.2, 0) is 6.18 Å². The summed E-state index contributed by atoms with van der Waals surface area (Å²) in [6.07, 6.45) is -2.86. The minimum atomic E-state index is -4.55. The summed E-state index contributed by atoms with van der Waals surface area (Å²) in [6.45, 7) is 0. The maximum Gasteiger partial charge on any atom is 0.416 e. The number of halogens is 3. The van der Waals surface area contributed by atoms with Gasteiger partial charge in [-0.15, -0.1) is 5.10 Å². The van der Waals surface area contributed by atoms with Crippen molar-refractivity contribution in [2.45, 2.75) is 6.18 Å². The Hall–Kier alpha value is -4.08. The second-order valence-corrected chi connectivity index (χ2v) is 6.75. The molecule has 0 spiro atoms. The molecular weight excluding hydrogens is 425 g/mol. The quantitative estimate of drug-likeness (QED) is 0.486. The minimum Gasteiger partial charge on any atom is -0.495 e. The molecule has 2 aromatic carbocycles. The van der Waals surface area contributed by atoms with Crippen molar-refractivity contribution < 1.29 is 27.4 Å². The van der Waals surface area contributed by atoms with Gasteiger partial charge in [0.15, 0.2) is 5.65 Å². The fourth-order valence-corrected chi connectivity index (χ4v) is 3.11. The number of anilines is 1. The van der Waals surface area contributed by atoms with E-state index < -0.39 is 17.6 Å². The third-order valence-corrected chi connectivity index (χ3v) is 4.70. The van der Waals surface area contributed by atoms with Gasteiger partial charge in [0.05, 0.1) is 37.4 Å². The van der Waals surface area contributed by atoms with Crippen molar-refractivity contribution in [1.29, 1.82) is 0 Å². The number of carbonyl (C=O) groups excluding carboxylic acids is 1. The lowest BCUT2D eigenvalue weighted by molar-refractivity contribution is -0.137. The number of carbonyl (C=O) groups is 1. The van der Waals surface area contributed by atoms with Crippen molar-refractivity contribution in [3.05, 3.63) is 71.9 Å². The number of nitrogens with one attached hydrogen (secondary N) is 1. The van der Waals surface area contributed by atoms with E-state index in [4.69, 9.17) is 9.47 Å². The van der Waals surface area contributed by atoms with E-state index in [-0.39, 0.29) is 11.3 Å². The van der Waals surface area contributed by atoms with Crippen molar-refractivity contribution in [1.82, 2.24) is 14.6 Å². The largest absolute Gasteiger partial charge is 0.495 e. The second kappa shape index (κ2) is 8.22. The Kier molecular flexibility index (Phi) is 5.43. The molecule has 2 aromatic heterocycles. The highest BCUT2D eigenvalue weighted by Gasteiger charge is 2.31. The van der Waals surface area contributed by atoms with Gasteiger partial charge in [-0.1, -0.05) is 6.07 Å². The summed E-state index contributed by atoms with van der Waals surface area (Å²) in [5, 5.41) is 6.87. The lowest BCUT2D eigenvalue weighted by Crippen LogP contribution is -2.14. The molecule has 0 saturated heterocycles. The van der Waals surface area contributed by atoms with Crippen molar-refractivity contribution in [2.75, 3.05) is 19.5 Å². The lowest BCUT2D eigenvalue weighted by Gasteiger charge is -2.13. The van der Waals surface area contributed by atoms with E-state index in [0.29, 0.717) is 28.5 Å². The Morgan fingerprint density at radius 1 is 1.03 bits per heavy atom. The molecule has 7 nitrogen and oxygen atoms in total. The zero-order chi connectivity index (χ0) is 22.9. The molecule has 0 aliphatic carbocycles. The van der Waals surface area contributed by atoms with Gasteiger partial charge in [-0.25, -0.2) is 9.50 Å². The van der Waals surface area contributed by atoms with E-state index in [0.717, 1.165) is 12.1 Å². The van der Waals surface area contributed by atoms with Gasteiger partial charge in [-0.3, -0.25) is 4.79 Å². The molecule has 0 bridgehead atoms. The van der Waals surface area contributed by atoms with Crippen LogP contribution in [-0.4, -0.2) is 34.7 Å². The Labute approximate surface area is 180 Å². The van der Waals surface area contributed by atoms with Gasteiger partial charge in [0.25, 0.3) is 5.91 Å². The van der Waals surface area contributed by atoms with Crippen LogP contribution in [0.1, 0.15) is 15.9 Å². The number of rotatable bonds is 5. The number of methoxy groups -OCH3 is 2. The summed E-state index contributed by atoms with van der Waals surface area (Å²) in [5.74, 6) is 0.0656. The van der Waals surface area contributed by atoms with Crippen molar-refractivity contribution in [3.8, 4) is 22.9 Å². The molecule has 32 heavy (non-hydrogen) atoms. The highest BCUT2D eigenvalue weighted by Crippen LogP contribution is 2.32. The number of hydrogen-bond donors (Lipinski definition) is 1. The Morgan fingerprint density at radius 2 is 1.84 bits per heavy atom. The molecule has 10 heteroatoms. The maximum atomic E-state index is 13.0. The molecule has 164 valence electrons. The first-order valence-electron chi connectivity index (χ1n) is 9.36. The van der Waals surface area contributed by atoms with Crippen LogP contribution in [0, 0.1) is 0 Å². The molecule has 4 aromatic rings. The van der Waals surface area contributed by atoms with Gasteiger partial charge in [0.1, 0.15) is 5.75 Å². The first-order valence-corrected chi connectivity index (χ1v) is 9.36. The summed E-state index contributed by atoms with van der Waals surface area (Å²) < 4.78 is 50.9. The van der Waals surface area contributed by atoms with E-state index in [1.165, 1.54) is 26.4 Å². The number of fused-ring (bicyclic) bond motifs is 1. The second-order valence-electron chi connectivity index (χ2n) is 6.75. The third-order valence-electron chi connectivity index (χ3n) is 4.70. The smallest absolute Gasteiger partial charge is 0.416 e. The van der Waals surface area contributed by atoms with Gasteiger partial charge in [0, 0.05) is 17.2 Å². The molecule has 1 N–H and O–H groups in total. The van der Waals surface area contributed by atoms with Crippen LogP contribution < -0.4 is 14.8 Å². The SMILES string of the molecule is COc1ccc2nc(-c3ccc(OC)c(NC(=O)c4cccc(C(F)(F)F)c4)c3)cn2n1. The molecule has 4 rings (SSSR count). The number of benzene rings is 2. The van der Waals surface area contributed by atoms with Crippen molar-refractivity contribution in [3.63, 3.8) is 0 Å². The average molecular weight is 442 g/mol. The summed E-state index contributed by atoms with van der Waals surface area (Å²) in [5.41, 5.74) is 1.06. The number of ether oxygens (including phenoxy) is 2. The number of amides is 1. The highest BCUT2D eigenvalue weighted by atomic mass is 19.4. The third kappa shape index (κ3) is 4.20. The average Bonchev–Trinajstić information content (AvgIpc) is 3.22. The number of alkyl halides is 3. The summed E-state index contributed by atoms with van der Waals surface area (Å²) in [6, 6.07) is 12.6. The predicted octanol–water partition coefficient (Wildman–Crippen LogP) is 4.68. The van der Waals surface area contributed by atoms with Crippen LogP contribution in [0.5, 0.6) is 11.6 Å². The molecule has 1 amide bonds. The number of imidazole rings is 1. The van der Waals surface area contributed by atoms with E-state index >= 15 is 0 Å². The van der Waals surface area contributed by atoms with Crippen LogP contribution >= 0.6 is 0 Å². The van der Waals surface area contributed by atoms with Crippen LogP contribution in [0.25, 0.3) is 16.9 Å². The molecule has 0 unspecified atom stereocenters. The van der Waals surface area contributed by atoms with Crippen LogP contribution in [0.2, 0.25) is 0 Å². The standard InChI is InChI=1S/C22H17F3N4O3/c1-31-18-7-6-13(17-12-29-19(26-17)8-9-20(28-29)32-2)11-16(18)27-21(30)14-4-3-5-15(10-14)22(23,24)25/h3-12H,1-2H3,(H,27,30). The van der Waals surface area contributed by atoms with E-state index in [1.807, 2.05) is 0 Å². The monoisotopic (exact) mass is 442 g/mol. The molecule has 0 fully saturated rings. The Morgan fingerprint density at radius 3 is 2.56 bits per heavy atom. The van der Waals surface area contributed by atoms with Gasteiger partial charge >= 0.3 is 6.18 Å². The predicted molar refractivity (Wildman–Crippen MR) is 111 cm³/mol. The zero-order valence-corrected chi connectivity index (χ0v) is 17.0. The number of nitrogens with zero attached hydrogens (tertiary/aromatic N) is 3. The van der Waals surface area contributed by atoms with Gasteiger partial charge in [-0.2, -0.15) is 13.2 Å². The highest BCUT2D eigenvalue weighted by molar-refractivity contribution is 6.05. The molecule has 2 heterocycles. The Bertz CT molecular complexity index is 1300. The fraction of sp³-hybridized carbons (Fsp3) is 0.136. The van der Waals surface area contributed by atoms with E-state index in [1.54, 1.807) is 41.0 Å². The maximum absolute atomic E-state index is 13.0. The first kappa shape index (κ1) is 21.2. The minimum absolute atomic E-state index is 0.128. The van der Waals surface area contributed by atoms with Crippen LogP contribution in [0.3, 0.4) is 0 Å². The summed E-state index contributed by atoms with van der Waals surface area (Å²) in [7, 11) is 2.94.